The van der Waals surface area contributed by atoms with Crippen molar-refractivity contribution in [3.63, 3.8) is 0 Å². The minimum absolute atomic E-state index is 0.171. The molecule has 1 N–H and O–H groups in total. The molecule has 0 aliphatic carbocycles. The van der Waals surface area contributed by atoms with Crippen LogP contribution in [0.5, 0.6) is 0 Å². The van der Waals surface area contributed by atoms with Crippen LogP contribution in [0.15, 0.2) is 18.2 Å². The van der Waals surface area contributed by atoms with E-state index in [9.17, 15) is 13.2 Å². The summed E-state index contributed by atoms with van der Waals surface area (Å²) in [5.41, 5.74) is 0.244. The first-order valence-electron chi connectivity index (χ1n) is 6.49. The molecule has 0 atom stereocenters. The Kier molecular flexibility index (Phi) is 3.92. The highest BCUT2D eigenvalue weighted by molar-refractivity contribution is 7.71. The van der Waals surface area contributed by atoms with Crippen LogP contribution in [0.2, 0.25) is 0 Å². The van der Waals surface area contributed by atoms with Gasteiger partial charge < -0.3 is 14.5 Å². The van der Waals surface area contributed by atoms with Crippen LogP contribution < -0.4 is 0 Å². The van der Waals surface area contributed by atoms with E-state index in [4.69, 9.17) is 12.2 Å². The molecule has 2 rings (SSSR count). The molecule has 116 valence electrons. The van der Waals surface area contributed by atoms with Crippen molar-refractivity contribution in [1.82, 2.24) is 14.5 Å². The number of aromatic amines is 1. The van der Waals surface area contributed by atoms with E-state index < -0.39 is 11.7 Å². The van der Waals surface area contributed by atoms with Gasteiger partial charge in [-0.25, -0.2) is 0 Å². The number of halogens is 3. The smallest absolute Gasteiger partial charge is 0.331 e. The van der Waals surface area contributed by atoms with Crippen LogP contribution in [0.4, 0.5) is 13.2 Å². The number of nitrogens with one attached hydrogen (secondary N) is 1. The van der Waals surface area contributed by atoms with Crippen LogP contribution in [0, 0.1) is 4.77 Å². The number of nitrogens with zero attached hydrogens (tertiary/aromatic N) is 2. The standard InChI is InChI=1S/C14H18F3N3S/c1-13(2,19(3)4)8-20-11-6-5-9(14(15,16)17)7-10(11)18-12(20)21/h5-7H,8H2,1-4H3,(H,18,21). The second-order valence-electron chi connectivity index (χ2n) is 5.95. The molecule has 0 radical (unpaired) electrons. The summed E-state index contributed by atoms with van der Waals surface area (Å²) in [6.45, 7) is 4.69. The van der Waals surface area contributed by atoms with Crippen LogP contribution in [0.3, 0.4) is 0 Å². The summed E-state index contributed by atoms with van der Waals surface area (Å²) < 4.78 is 40.5. The molecule has 0 bridgehead atoms. The van der Waals surface area contributed by atoms with Gasteiger partial charge in [-0.3, -0.25) is 0 Å². The third-order valence-electron chi connectivity index (χ3n) is 3.86. The first-order valence-corrected chi connectivity index (χ1v) is 6.90. The topological polar surface area (TPSA) is 24.0 Å². The Balaban J connectivity index is 2.52. The molecule has 0 saturated carbocycles. The predicted octanol–water partition coefficient (Wildman–Crippen LogP) is 4.06. The normalized spacial score (nSPS) is 13.3. The highest BCUT2D eigenvalue weighted by Crippen LogP contribution is 2.31. The predicted molar refractivity (Wildman–Crippen MR) is 79.9 cm³/mol. The lowest BCUT2D eigenvalue weighted by molar-refractivity contribution is -0.137. The van der Waals surface area contributed by atoms with E-state index in [0.29, 0.717) is 22.3 Å². The van der Waals surface area contributed by atoms with E-state index in [-0.39, 0.29) is 5.54 Å². The fourth-order valence-electron chi connectivity index (χ4n) is 2.03. The SMILES string of the molecule is CN(C)C(C)(C)Cn1c(=S)[nH]c2cc(C(F)(F)F)ccc21. The molecule has 0 amide bonds. The zero-order valence-electron chi connectivity index (χ0n) is 12.4. The van der Waals surface area contributed by atoms with Gasteiger partial charge in [-0.05, 0) is 58.4 Å². The number of likely N-dealkylation sites (N-methyl/N-ethyl adjacent to an activating group) is 1. The second kappa shape index (κ2) is 5.14. The van der Waals surface area contributed by atoms with E-state index in [0.717, 1.165) is 12.1 Å². The fraction of sp³-hybridized carbons (Fsp3) is 0.500. The molecule has 0 unspecified atom stereocenters. The van der Waals surface area contributed by atoms with E-state index in [1.807, 2.05) is 18.7 Å². The van der Waals surface area contributed by atoms with Gasteiger partial charge in [-0.15, -0.1) is 0 Å². The zero-order valence-corrected chi connectivity index (χ0v) is 13.2. The first kappa shape index (κ1) is 16.0. The highest BCUT2D eigenvalue weighted by atomic mass is 32.1. The molecular formula is C14H18F3N3S. The van der Waals surface area contributed by atoms with Crippen LogP contribution >= 0.6 is 12.2 Å². The minimum atomic E-state index is -4.35. The van der Waals surface area contributed by atoms with E-state index in [2.05, 4.69) is 23.7 Å². The van der Waals surface area contributed by atoms with Gasteiger partial charge in [0.05, 0.1) is 16.6 Å². The van der Waals surface area contributed by atoms with Gasteiger partial charge in [0, 0.05) is 12.1 Å². The average molecular weight is 317 g/mol. The van der Waals surface area contributed by atoms with Crippen molar-refractivity contribution < 1.29 is 13.2 Å². The maximum atomic E-state index is 12.7. The molecule has 2 aromatic rings. The Labute approximate surface area is 126 Å². The highest BCUT2D eigenvalue weighted by Gasteiger charge is 2.31. The van der Waals surface area contributed by atoms with E-state index in [1.54, 1.807) is 0 Å². The maximum absolute atomic E-state index is 12.7. The van der Waals surface area contributed by atoms with Crippen molar-refractivity contribution in [2.45, 2.75) is 32.1 Å². The van der Waals surface area contributed by atoms with Gasteiger partial charge in [0.2, 0.25) is 0 Å². The zero-order chi connectivity index (χ0) is 16.0. The van der Waals surface area contributed by atoms with Crippen molar-refractivity contribution in [1.29, 1.82) is 0 Å². The Morgan fingerprint density at radius 2 is 1.86 bits per heavy atom. The number of hydrogen-bond donors (Lipinski definition) is 1. The second-order valence-corrected chi connectivity index (χ2v) is 6.34. The summed E-state index contributed by atoms with van der Waals surface area (Å²) in [4.78, 5) is 4.91. The van der Waals surface area contributed by atoms with Crippen LogP contribution in [-0.2, 0) is 12.7 Å². The number of alkyl halides is 3. The van der Waals surface area contributed by atoms with Crippen molar-refractivity contribution in [2.75, 3.05) is 14.1 Å². The molecule has 1 aromatic heterocycles. The molecule has 0 spiro atoms. The lowest BCUT2D eigenvalue weighted by Crippen LogP contribution is -2.42. The summed E-state index contributed by atoms with van der Waals surface area (Å²) in [6, 6.07) is 3.66. The number of benzene rings is 1. The molecule has 21 heavy (non-hydrogen) atoms. The summed E-state index contributed by atoms with van der Waals surface area (Å²) in [5.74, 6) is 0. The van der Waals surface area contributed by atoms with Gasteiger partial charge in [0.25, 0.3) is 0 Å². The number of imidazole rings is 1. The van der Waals surface area contributed by atoms with Gasteiger partial charge >= 0.3 is 6.18 Å². The van der Waals surface area contributed by atoms with Crippen LogP contribution in [0.25, 0.3) is 11.0 Å². The molecule has 3 nitrogen and oxygen atoms in total. The summed E-state index contributed by atoms with van der Waals surface area (Å²) in [7, 11) is 3.92. The summed E-state index contributed by atoms with van der Waals surface area (Å²) >= 11 is 5.25. The molecule has 0 fully saturated rings. The largest absolute Gasteiger partial charge is 0.416 e. The molecule has 0 aliphatic heterocycles. The number of H-pyrrole nitrogens is 1. The molecule has 0 aliphatic rings. The molecule has 1 heterocycles. The number of fused-ring (bicyclic) bond motifs is 1. The van der Waals surface area contributed by atoms with E-state index >= 15 is 0 Å². The van der Waals surface area contributed by atoms with Crippen molar-refractivity contribution in [3.8, 4) is 0 Å². The summed E-state index contributed by atoms with van der Waals surface area (Å²) in [6.07, 6.45) is -4.35. The molecule has 0 saturated heterocycles. The number of aromatic nitrogens is 2. The third kappa shape index (κ3) is 3.13. The van der Waals surface area contributed by atoms with Crippen LogP contribution in [0.1, 0.15) is 19.4 Å². The van der Waals surface area contributed by atoms with Crippen molar-refractivity contribution in [2.24, 2.45) is 0 Å². The third-order valence-corrected chi connectivity index (χ3v) is 4.18. The quantitative estimate of drug-likeness (QED) is 0.863. The minimum Gasteiger partial charge on any atom is -0.331 e. The Morgan fingerprint density at radius 1 is 1.24 bits per heavy atom. The van der Waals surface area contributed by atoms with Crippen LogP contribution in [-0.4, -0.2) is 34.1 Å². The maximum Gasteiger partial charge on any atom is 0.416 e. The van der Waals surface area contributed by atoms with E-state index in [1.165, 1.54) is 6.07 Å². The molecule has 7 heteroatoms. The fourth-order valence-corrected chi connectivity index (χ4v) is 2.30. The lowest BCUT2D eigenvalue weighted by Gasteiger charge is -2.33. The number of hydrogen-bond acceptors (Lipinski definition) is 2. The van der Waals surface area contributed by atoms with Gasteiger partial charge in [0.15, 0.2) is 4.77 Å². The Hall–Kier alpha value is -1.34. The lowest BCUT2D eigenvalue weighted by atomic mass is 10.0. The first-order chi connectivity index (χ1) is 9.52. The van der Waals surface area contributed by atoms with Crippen molar-refractivity contribution >= 4 is 23.3 Å². The Bertz CT molecular complexity index is 710. The van der Waals surface area contributed by atoms with Crippen molar-refractivity contribution in [3.05, 3.63) is 28.5 Å². The van der Waals surface area contributed by atoms with Gasteiger partial charge in [0.1, 0.15) is 0 Å². The molecule has 1 aromatic carbocycles. The molecular weight excluding hydrogens is 299 g/mol. The van der Waals surface area contributed by atoms with Gasteiger partial charge in [-0.2, -0.15) is 13.2 Å². The summed E-state index contributed by atoms with van der Waals surface area (Å²) in [5, 5.41) is 0. The average Bonchev–Trinajstić information content (AvgIpc) is 2.63. The van der Waals surface area contributed by atoms with Gasteiger partial charge in [-0.1, -0.05) is 0 Å². The number of rotatable bonds is 3. The monoisotopic (exact) mass is 317 g/mol. The Morgan fingerprint density at radius 3 is 2.38 bits per heavy atom.